The van der Waals surface area contributed by atoms with Gasteiger partial charge in [0.25, 0.3) is 5.91 Å². The van der Waals surface area contributed by atoms with Gasteiger partial charge >= 0.3 is 12.1 Å². The molecule has 0 saturated carbocycles. The van der Waals surface area contributed by atoms with Crippen LogP contribution in [0.2, 0.25) is 0 Å². The van der Waals surface area contributed by atoms with E-state index in [0.29, 0.717) is 25.2 Å². The van der Waals surface area contributed by atoms with E-state index in [1.807, 2.05) is 71.6 Å². The fraction of sp³-hybridized carbons (Fsp3) is 0.289. The van der Waals surface area contributed by atoms with Gasteiger partial charge in [-0.1, -0.05) is 48.5 Å². The average Bonchev–Trinajstić information content (AvgIpc) is 3.84. The van der Waals surface area contributed by atoms with Crippen molar-refractivity contribution in [2.75, 3.05) is 39.8 Å². The van der Waals surface area contributed by atoms with Crippen molar-refractivity contribution in [2.45, 2.75) is 32.0 Å². The van der Waals surface area contributed by atoms with Crippen molar-refractivity contribution >= 4 is 35.2 Å². The third-order valence-corrected chi connectivity index (χ3v) is 8.90. The number of hydrogen-bond donors (Lipinski definition) is 2. The molecule has 8 nitrogen and oxygen atoms in total. The highest BCUT2D eigenvalue weighted by atomic mass is 32.1. The zero-order chi connectivity index (χ0) is 35.9. The van der Waals surface area contributed by atoms with Crippen molar-refractivity contribution in [3.8, 4) is 16.9 Å². The number of ether oxygens (including phenoxy) is 1. The number of carboxylic acids is 1. The molecule has 0 bridgehead atoms. The zero-order valence-electron chi connectivity index (χ0n) is 27.7. The Balaban J connectivity index is 0.000000727. The lowest BCUT2D eigenvalue weighted by Crippen LogP contribution is -2.33. The summed E-state index contributed by atoms with van der Waals surface area (Å²) in [5.74, 6) is -2.06. The summed E-state index contributed by atoms with van der Waals surface area (Å²) in [6, 6.07) is 27.8. The third kappa shape index (κ3) is 12.2. The van der Waals surface area contributed by atoms with Crippen LogP contribution in [0.3, 0.4) is 0 Å². The van der Waals surface area contributed by atoms with Gasteiger partial charge in [-0.05, 0) is 102 Å². The van der Waals surface area contributed by atoms with E-state index in [4.69, 9.17) is 14.6 Å². The van der Waals surface area contributed by atoms with E-state index in [1.165, 1.54) is 17.7 Å². The maximum Gasteiger partial charge on any atom is 0.490 e. The van der Waals surface area contributed by atoms with E-state index >= 15 is 0 Å². The van der Waals surface area contributed by atoms with Crippen LogP contribution in [0.5, 0.6) is 5.75 Å². The molecule has 0 aliphatic carbocycles. The molecule has 4 aromatic rings. The summed E-state index contributed by atoms with van der Waals surface area (Å²) in [7, 11) is 1.64. The first-order valence-electron chi connectivity index (χ1n) is 16.2. The third-order valence-electron chi connectivity index (χ3n) is 7.97. The maximum atomic E-state index is 13.4. The summed E-state index contributed by atoms with van der Waals surface area (Å²) in [5.41, 5.74) is 4.62. The van der Waals surface area contributed by atoms with Crippen LogP contribution in [-0.2, 0) is 22.6 Å². The predicted octanol–water partition coefficient (Wildman–Crippen LogP) is 7.17. The van der Waals surface area contributed by atoms with Crippen molar-refractivity contribution < 1.29 is 37.4 Å². The lowest BCUT2D eigenvalue weighted by Gasteiger charge is -2.22. The number of halogens is 3. The number of nitrogens with zero attached hydrogens (tertiary/aromatic N) is 2. The van der Waals surface area contributed by atoms with E-state index in [0.717, 1.165) is 54.1 Å². The Morgan fingerprint density at radius 2 is 1.64 bits per heavy atom. The summed E-state index contributed by atoms with van der Waals surface area (Å²) < 4.78 is 37.0. The summed E-state index contributed by atoms with van der Waals surface area (Å²) in [4.78, 5) is 40.7. The van der Waals surface area contributed by atoms with Crippen molar-refractivity contribution in [3.63, 3.8) is 0 Å². The molecule has 0 spiro atoms. The molecular weight excluding hydrogens is 667 g/mol. The van der Waals surface area contributed by atoms with Crippen LogP contribution in [-0.4, -0.2) is 78.7 Å². The highest BCUT2D eigenvalue weighted by Gasteiger charge is 2.38. The topological polar surface area (TPSA) is 99.2 Å². The van der Waals surface area contributed by atoms with Crippen molar-refractivity contribution in [1.29, 1.82) is 0 Å². The minimum absolute atomic E-state index is 0.0367. The number of benzene rings is 3. The summed E-state index contributed by atoms with van der Waals surface area (Å²) >= 11 is 1.71. The van der Waals surface area contributed by atoms with Gasteiger partial charge < -0.3 is 25.0 Å². The number of carbonyl (C=O) groups is 3. The highest BCUT2D eigenvalue weighted by molar-refractivity contribution is 7.09. The van der Waals surface area contributed by atoms with E-state index in [1.54, 1.807) is 24.5 Å². The van der Waals surface area contributed by atoms with Gasteiger partial charge in [-0.15, -0.1) is 11.3 Å². The molecule has 2 heterocycles. The fourth-order valence-electron chi connectivity index (χ4n) is 5.30. The van der Waals surface area contributed by atoms with Gasteiger partial charge in [0.05, 0.1) is 7.11 Å². The molecule has 2 N–H and O–H groups in total. The molecule has 0 atom stereocenters. The van der Waals surface area contributed by atoms with Gasteiger partial charge in [-0.2, -0.15) is 13.2 Å². The van der Waals surface area contributed by atoms with E-state index in [-0.39, 0.29) is 11.8 Å². The molecule has 264 valence electrons. The number of amides is 2. The first-order chi connectivity index (χ1) is 24.0. The van der Waals surface area contributed by atoms with Crippen LogP contribution in [0.25, 0.3) is 17.2 Å². The van der Waals surface area contributed by atoms with Crippen LogP contribution in [0.4, 0.5) is 13.2 Å². The Labute approximate surface area is 293 Å². The molecule has 1 aliphatic rings. The van der Waals surface area contributed by atoms with Crippen molar-refractivity contribution in [1.82, 2.24) is 15.1 Å². The van der Waals surface area contributed by atoms with Gasteiger partial charge in [-0.3, -0.25) is 9.59 Å². The molecule has 1 fully saturated rings. The number of methoxy groups -OCH3 is 1. The van der Waals surface area contributed by atoms with Crippen LogP contribution in [0.15, 0.2) is 96.4 Å². The number of likely N-dealkylation sites (tertiary alicyclic amines) is 1. The second-order valence-corrected chi connectivity index (χ2v) is 12.6. The van der Waals surface area contributed by atoms with E-state index < -0.39 is 12.1 Å². The first kappa shape index (κ1) is 37.9. The summed E-state index contributed by atoms with van der Waals surface area (Å²) in [6.07, 6.45) is 1.70. The van der Waals surface area contributed by atoms with Crippen LogP contribution in [0, 0.1) is 0 Å². The largest absolute Gasteiger partial charge is 0.497 e. The van der Waals surface area contributed by atoms with Crippen molar-refractivity contribution in [3.05, 3.63) is 118 Å². The Hall–Kier alpha value is -4.94. The molecule has 0 radical (unpaired) electrons. The Kier molecular flexibility index (Phi) is 14.2. The lowest BCUT2D eigenvalue weighted by molar-refractivity contribution is -0.192. The molecule has 5 rings (SSSR count). The van der Waals surface area contributed by atoms with Crippen LogP contribution >= 0.6 is 11.3 Å². The Morgan fingerprint density at radius 3 is 2.28 bits per heavy atom. The monoisotopic (exact) mass is 707 g/mol. The van der Waals surface area contributed by atoms with Crippen LogP contribution in [0.1, 0.15) is 39.2 Å². The summed E-state index contributed by atoms with van der Waals surface area (Å²) in [6.45, 7) is 4.89. The molecule has 3 aromatic carbocycles. The molecule has 1 aromatic heterocycles. The number of hydrogen-bond acceptors (Lipinski definition) is 6. The molecule has 1 aliphatic heterocycles. The van der Waals surface area contributed by atoms with Crippen molar-refractivity contribution in [2.24, 2.45) is 0 Å². The van der Waals surface area contributed by atoms with Crippen LogP contribution < -0.4 is 10.1 Å². The molecule has 50 heavy (non-hydrogen) atoms. The lowest BCUT2D eigenvalue weighted by atomic mass is 10.0. The van der Waals surface area contributed by atoms with E-state index in [9.17, 15) is 22.8 Å². The smallest absolute Gasteiger partial charge is 0.490 e. The van der Waals surface area contributed by atoms with Gasteiger partial charge in [0.15, 0.2) is 0 Å². The SMILES string of the molecule is COc1ccc(/C=C/C(=O)N(CCc2cccs2)Cc2cccc(-c3cccc(C(=O)NCCN4CCCC4)c3)c2)cc1.O=C(O)C(F)(F)F. The Morgan fingerprint density at radius 1 is 0.960 bits per heavy atom. The predicted molar refractivity (Wildman–Crippen MR) is 189 cm³/mol. The number of carboxylic acid groups (broad SMARTS) is 1. The number of carbonyl (C=O) groups excluding carboxylic acids is 2. The van der Waals surface area contributed by atoms with Gasteiger partial charge in [-0.25, -0.2) is 4.79 Å². The first-order valence-corrected chi connectivity index (χ1v) is 17.0. The van der Waals surface area contributed by atoms with Gasteiger partial charge in [0, 0.05) is 42.7 Å². The standard InChI is InChI=1S/C36H39N3O3S.C2HF3O2/c1-42-33-15-12-28(13-16-33)14-17-35(40)39(22-18-34-11-6-24-43-34)27-29-7-4-8-30(25-29)31-9-5-10-32(26-31)36(41)37-19-23-38-20-2-3-21-38;3-2(4,5)1(6)7/h4-17,24-26H,2-3,18-23,27H2,1H3,(H,37,41);(H,6,7)/b17-14+;. The molecule has 0 unspecified atom stereocenters. The molecule has 12 heteroatoms. The number of aliphatic carboxylic acids is 1. The number of nitrogens with one attached hydrogen (secondary N) is 1. The normalized spacial score (nSPS) is 13.0. The number of rotatable bonds is 13. The van der Waals surface area contributed by atoms with Gasteiger partial charge in [0.2, 0.25) is 5.91 Å². The zero-order valence-corrected chi connectivity index (χ0v) is 28.5. The minimum atomic E-state index is -5.08. The Bertz CT molecular complexity index is 1720. The highest BCUT2D eigenvalue weighted by Crippen LogP contribution is 2.23. The number of thiophene rings is 1. The summed E-state index contributed by atoms with van der Waals surface area (Å²) in [5, 5.41) is 12.3. The maximum absolute atomic E-state index is 13.4. The minimum Gasteiger partial charge on any atom is -0.497 e. The van der Waals surface area contributed by atoms with Gasteiger partial charge in [0.1, 0.15) is 5.75 Å². The number of alkyl halides is 3. The molecular formula is C38H40F3N3O5S. The second kappa shape index (κ2) is 18.7. The average molecular weight is 708 g/mol. The molecule has 2 amide bonds. The quantitative estimate of drug-likeness (QED) is 0.143. The second-order valence-electron chi connectivity index (χ2n) is 11.6. The fourth-order valence-corrected chi connectivity index (χ4v) is 6.00. The van der Waals surface area contributed by atoms with E-state index in [2.05, 4.69) is 39.9 Å². The molecule has 1 saturated heterocycles.